The van der Waals surface area contributed by atoms with Crippen LogP contribution < -0.4 is 10.2 Å². The lowest BCUT2D eigenvalue weighted by atomic mass is 9.92. The minimum absolute atomic E-state index is 0.0605. The third kappa shape index (κ3) is 5.95. The molecule has 1 aromatic carbocycles. The number of carboxylic acid groups (broad SMARTS) is 1. The van der Waals surface area contributed by atoms with Crippen LogP contribution in [0.2, 0.25) is 0 Å². The van der Waals surface area contributed by atoms with Gasteiger partial charge >= 0.3 is 18.2 Å². The number of alkyl halides is 3. The fraction of sp³-hybridized carbons (Fsp3) is 0.591. The number of carbonyl (C=O) groups is 3. The summed E-state index contributed by atoms with van der Waals surface area (Å²) in [5, 5.41) is 10.3. The highest BCUT2D eigenvalue weighted by Gasteiger charge is 2.48. The number of halogens is 3. The van der Waals surface area contributed by atoms with Crippen LogP contribution in [-0.4, -0.2) is 83.8 Å². The first-order valence-electron chi connectivity index (χ1n) is 10.9. The minimum Gasteiger partial charge on any atom is -0.475 e. The molecule has 1 saturated carbocycles. The highest BCUT2D eigenvalue weighted by Crippen LogP contribution is 2.33. The average molecular weight is 470 g/mol. The Hall–Kier alpha value is -2.82. The van der Waals surface area contributed by atoms with E-state index >= 15 is 0 Å². The molecular formula is C22H29F3N4O4. The molecule has 11 heteroatoms. The van der Waals surface area contributed by atoms with E-state index in [1.165, 1.54) is 12.8 Å². The van der Waals surface area contributed by atoms with Crippen molar-refractivity contribution in [2.45, 2.75) is 49.9 Å². The first-order valence-corrected chi connectivity index (χ1v) is 10.9. The molecule has 0 bridgehead atoms. The fourth-order valence-electron chi connectivity index (χ4n) is 4.61. The van der Waals surface area contributed by atoms with Gasteiger partial charge in [0.2, 0.25) is 5.91 Å². The number of para-hydroxylation sites is 1. The number of aliphatic carboxylic acids is 1. The van der Waals surface area contributed by atoms with E-state index in [9.17, 15) is 22.8 Å². The second-order valence-electron chi connectivity index (χ2n) is 8.80. The van der Waals surface area contributed by atoms with Gasteiger partial charge < -0.3 is 20.2 Å². The number of nitrogens with zero attached hydrogens (tertiary/aromatic N) is 3. The number of likely N-dealkylation sites (N-methyl/N-ethyl adjacent to an activating group) is 1. The van der Waals surface area contributed by atoms with Crippen LogP contribution in [0.5, 0.6) is 0 Å². The van der Waals surface area contributed by atoms with Crippen LogP contribution in [0.25, 0.3) is 0 Å². The summed E-state index contributed by atoms with van der Waals surface area (Å²) in [5.74, 6) is -2.63. The third-order valence-electron chi connectivity index (χ3n) is 6.55. The van der Waals surface area contributed by atoms with Gasteiger partial charge in [-0.25, -0.2) is 9.59 Å². The molecule has 2 heterocycles. The summed E-state index contributed by atoms with van der Waals surface area (Å²) in [5.41, 5.74) is 0.787. The topological polar surface area (TPSA) is 93.2 Å². The summed E-state index contributed by atoms with van der Waals surface area (Å²) in [6.07, 6.45) is 0.442. The van der Waals surface area contributed by atoms with E-state index in [0.717, 1.165) is 31.5 Å². The predicted octanol–water partition coefficient (Wildman–Crippen LogP) is 2.70. The summed E-state index contributed by atoms with van der Waals surface area (Å²) < 4.78 is 31.7. The van der Waals surface area contributed by atoms with Crippen molar-refractivity contribution < 1.29 is 32.7 Å². The number of hydrogen-bond donors (Lipinski definition) is 2. The van der Waals surface area contributed by atoms with Gasteiger partial charge in [0.1, 0.15) is 0 Å². The van der Waals surface area contributed by atoms with Crippen molar-refractivity contribution in [2.75, 3.05) is 38.1 Å². The normalized spacial score (nSPS) is 24.1. The van der Waals surface area contributed by atoms with Gasteiger partial charge in [0, 0.05) is 31.4 Å². The number of nitrogens with one attached hydrogen (secondary N) is 1. The Labute approximate surface area is 190 Å². The zero-order chi connectivity index (χ0) is 24.2. The number of likely N-dealkylation sites (tertiary alicyclic amines) is 1. The van der Waals surface area contributed by atoms with Crippen molar-refractivity contribution in [3.05, 3.63) is 30.3 Å². The number of rotatable bonds is 2. The van der Waals surface area contributed by atoms with Gasteiger partial charge in [-0.15, -0.1) is 0 Å². The van der Waals surface area contributed by atoms with E-state index in [0.29, 0.717) is 25.7 Å². The summed E-state index contributed by atoms with van der Waals surface area (Å²) >= 11 is 0. The van der Waals surface area contributed by atoms with Crippen molar-refractivity contribution in [2.24, 2.45) is 0 Å². The monoisotopic (exact) mass is 470 g/mol. The van der Waals surface area contributed by atoms with Gasteiger partial charge in [-0.2, -0.15) is 13.2 Å². The van der Waals surface area contributed by atoms with Crippen LogP contribution in [0.3, 0.4) is 0 Å². The fourth-order valence-corrected chi connectivity index (χ4v) is 4.61. The van der Waals surface area contributed by atoms with Gasteiger partial charge in [0.05, 0.1) is 12.1 Å². The second-order valence-corrected chi connectivity index (χ2v) is 8.80. The summed E-state index contributed by atoms with van der Waals surface area (Å²) in [4.78, 5) is 40.1. The van der Waals surface area contributed by atoms with Crippen LogP contribution in [-0.2, 0) is 9.59 Å². The number of hydrogen-bond acceptors (Lipinski definition) is 4. The molecule has 2 aliphatic heterocycles. The molecule has 3 aliphatic rings. The van der Waals surface area contributed by atoms with Gasteiger partial charge in [-0.1, -0.05) is 31.0 Å². The van der Waals surface area contributed by atoms with Crippen molar-refractivity contribution >= 4 is 23.6 Å². The zero-order valence-corrected chi connectivity index (χ0v) is 18.5. The molecule has 1 spiro atoms. The molecule has 182 valence electrons. The van der Waals surface area contributed by atoms with Gasteiger partial charge in [-0.3, -0.25) is 9.69 Å². The van der Waals surface area contributed by atoms with Crippen LogP contribution >= 0.6 is 0 Å². The SMILES string of the molecule is CN1CC(=O)N(c2ccccc2)CC12CCN(C(=O)NC1CCCC1)C2.O=C(O)C(F)(F)F. The molecule has 3 amide bonds. The highest BCUT2D eigenvalue weighted by molar-refractivity contribution is 5.96. The molecule has 8 nitrogen and oxygen atoms in total. The van der Waals surface area contributed by atoms with E-state index in [1.807, 2.05) is 47.2 Å². The largest absolute Gasteiger partial charge is 0.490 e. The van der Waals surface area contributed by atoms with Gasteiger partial charge in [0.15, 0.2) is 0 Å². The average Bonchev–Trinajstić information content (AvgIpc) is 3.42. The number of carboxylic acids is 1. The van der Waals surface area contributed by atoms with Crippen LogP contribution in [0.1, 0.15) is 32.1 Å². The Morgan fingerprint density at radius 2 is 1.73 bits per heavy atom. The van der Waals surface area contributed by atoms with Crippen molar-refractivity contribution in [1.29, 1.82) is 0 Å². The zero-order valence-electron chi connectivity index (χ0n) is 18.5. The van der Waals surface area contributed by atoms with E-state index in [-0.39, 0.29) is 17.5 Å². The Bertz CT molecular complexity index is 861. The van der Waals surface area contributed by atoms with Crippen molar-refractivity contribution in [3.63, 3.8) is 0 Å². The second kappa shape index (κ2) is 9.98. The number of amides is 3. The molecule has 1 unspecified atom stereocenters. The quantitative estimate of drug-likeness (QED) is 0.694. The Balaban J connectivity index is 0.000000383. The van der Waals surface area contributed by atoms with Gasteiger partial charge in [-0.05, 0) is 38.4 Å². The van der Waals surface area contributed by atoms with Crippen molar-refractivity contribution in [3.8, 4) is 0 Å². The number of piperazine rings is 1. The number of urea groups is 1. The van der Waals surface area contributed by atoms with E-state index in [2.05, 4.69) is 10.2 Å². The molecule has 0 radical (unpaired) electrons. The molecule has 0 aromatic heterocycles. The number of carbonyl (C=O) groups excluding carboxylic acids is 2. The first-order chi connectivity index (χ1) is 15.5. The van der Waals surface area contributed by atoms with Crippen molar-refractivity contribution in [1.82, 2.24) is 15.1 Å². The molecule has 1 aromatic rings. The predicted molar refractivity (Wildman–Crippen MR) is 115 cm³/mol. The molecule has 3 fully saturated rings. The standard InChI is InChI=1S/C20H28N4O2.C2HF3O2/c1-22-13-18(25)24(17-9-3-2-4-10-17)15-20(22)11-12-23(14-20)19(26)21-16-7-5-6-8-16;3-2(4,5)1(6)7/h2-4,9-10,16H,5-8,11-15H2,1H3,(H,21,26);(H,6,7). The summed E-state index contributed by atoms with van der Waals surface area (Å²) in [6.45, 7) is 2.46. The third-order valence-corrected chi connectivity index (χ3v) is 6.55. The lowest BCUT2D eigenvalue weighted by Crippen LogP contribution is -2.64. The number of anilines is 1. The van der Waals surface area contributed by atoms with Crippen LogP contribution in [0.4, 0.5) is 23.7 Å². The Morgan fingerprint density at radius 1 is 1.12 bits per heavy atom. The maximum absolute atomic E-state index is 12.7. The summed E-state index contributed by atoms with van der Waals surface area (Å²) in [6, 6.07) is 10.3. The van der Waals surface area contributed by atoms with E-state index in [4.69, 9.17) is 9.90 Å². The Morgan fingerprint density at radius 3 is 2.30 bits per heavy atom. The minimum atomic E-state index is -5.08. The van der Waals surface area contributed by atoms with Crippen LogP contribution in [0.15, 0.2) is 30.3 Å². The summed E-state index contributed by atoms with van der Waals surface area (Å²) in [7, 11) is 2.01. The lowest BCUT2D eigenvalue weighted by molar-refractivity contribution is -0.192. The van der Waals surface area contributed by atoms with Crippen LogP contribution in [0, 0.1) is 0 Å². The number of benzene rings is 1. The van der Waals surface area contributed by atoms with E-state index < -0.39 is 12.1 Å². The molecule has 2 N–H and O–H groups in total. The first kappa shape index (κ1) is 24.8. The molecule has 1 atom stereocenters. The maximum atomic E-state index is 12.7. The van der Waals surface area contributed by atoms with Gasteiger partial charge in [0.25, 0.3) is 0 Å². The molecule has 4 rings (SSSR count). The smallest absolute Gasteiger partial charge is 0.475 e. The molecule has 1 aliphatic carbocycles. The highest BCUT2D eigenvalue weighted by atomic mass is 19.4. The maximum Gasteiger partial charge on any atom is 0.490 e. The van der Waals surface area contributed by atoms with E-state index in [1.54, 1.807) is 0 Å². The molecule has 33 heavy (non-hydrogen) atoms. The lowest BCUT2D eigenvalue weighted by Gasteiger charge is -2.46. The Kier molecular flexibility index (Phi) is 7.51. The molecule has 2 saturated heterocycles. The molecular weight excluding hydrogens is 441 g/mol.